The molecule has 0 aromatic heterocycles. The summed E-state index contributed by atoms with van der Waals surface area (Å²) in [5.41, 5.74) is 0.908. The molecule has 0 unspecified atom stereocenters. The van der Waals surface area contributed by atoms with Gasteiger partial charge in [0.2, 0.25) is 15.9 Å². The number of hydrogen-bond acceptors (Lipinski definition) is 6. The number of carbonyl (C=O) groups is 1. The Bertz CT molecular complexity index is 991. The number of benzene rings is 2. The normalized spacial score (nSPS) is 11.0. The molecule has 0 bridgehead atoms. The van der Waals surface area contributed by atoms with Gasteiger partial charge in [-0.2, -0.15) is 0 Å². The van der Waals surface area contributed by atoms with Crippen LogP contribution in [0.15, 0.2) is 42.5 Å². The van der Waals surface area contributed by atoms with Crippen LogP contribution in [-0.2, 0) is 14.8 Å². The van der Waals surface area contributed by atoms with Crippen molar-refractivity contribution < 1.29 is 22.9 Å². The molecular weight excluding hydrogens is 386 g/mol. The molecule has 0 atom stereocenters. The number of hydrogen-bond donors (Lipinski definition) is 1. The van der Waals surface area contributed by atoms with E-state index in [0.29, 0.717) is 17.9 Å². The molecular formula is C18H21N3O6S. The van der Waals surface area contributed by atoms with Crippen LogP contribution >= 0.6 is 0 Å². The lowest BCUT2D eigenvalue weighted by molar-refractivity contribution is -0.384. The Morgan fingerprint density at radius 1 is 1.25 bits per heavy atom. The van der Waals surface area contributed by atoms with Crippen LogP contribution in [0.2, 0.25) is 0 Å². The lowest BCUT2D eigenvalue weighted by atomic mass is 10.2. The molecule has 0 heterocycles. The van der Waals surface area contributed by atoms with Gasteiger partial charge in [-0.15, -0.1) is 0 Å². The van der Waals surface area contributed by atoms with Crippen molar-refractivity contribution in [1.29, 1.82) is 0 Å². The average molecular weight is 407 g/mol. The minimum atomic E-state index is -3.79. The summed E-state index contributed by atoms with van der Waals surface area (Å²) in [5, 5.41) is 13.5. The lowest BCUT2D eigenvalue weighted by Gasteiger charge is -2.24. The van der Waals surface area contributed by atoms with Crippen molar-refractivity contribution in [2.75, 3.05) is 29.0 Å². The highest BCUT2D eigenvalue weighted by Crippen LogP contribution is 2.30. The zero-order valence-corrected chi connectivity index (χ0v) is 16.5. The smallest absolute Gasteiger partial charge is 0.271 e. The van der Waals surface area contributed by atoms with Gasteiger partial charge in [0, 0.05) is 12.1 Å². The van der Waals surface area contributed by atoms with Gasteiger partial charge in [0.05, 0.1) is 29.2 Å². The van der Waals surface area contributed by atoms with E-state index in [1.165, 1.54) is 24.3 Å². The van der Waals surface area contributed by atoms with E-state index in [0.717, 1.165) is 10.6 Å². The van der Waals surface area contributed by atoms with Crippen molar-refractivity contribution in [3.63, 3.8) is 0 Å². The van der Waals surface area contributed by atoms with Crippen LogP contribution in [0.25, 0.3) is 0 Å². The first kappa shape index (κ1) is 21.2. The molecule has 2 aromatic rings. The van der Waals surface area contributed by atoms with Crippen molar-refractivity contribution in [3.05, 3.63) is 58.1 Å². The summed E-state index contributed by atoms with van der Waals surface area (Å²) >= 11 is 0. The van der Waals surface area contributed by atoms with E-state index in [9.17, 15) is 23.3 Å². The number of rotatable bonds is 8. The van der Waals surface area contributed by atoms with E-state index in [4.69, 9.17) is 4.74 Å². The number of ether oxygens (including phenoxy) is 1. The standard InChI is InChI=1S/C18H21N3O6S/c1-4-27-17-8-6-5-7-16(17)20(28(3,25)26)12-18(22)19-15-11-14(21(23)24)10-9-13(15)2/h5-11H,4,12H2,1-3H3,(H,19,22). The van der Waals surface area contributed by atoms with Crippen LogP contribution in [0, 0.1) is 17.0 Å². The molecule has 10 heteroatoms. The molecule has 0 spiro atoms. The van der Waals surface area contributed by atoms with Crippen LogP contribution < -0.4 is 14.4 Å². The van der Waals surface area contributed by atoms with Crippen molar-refractivity contribution in [2.24, 2.45) is 0 Å². The van der Waals surface area contributed by atoms with Crippen molar-refractivity contribution in [3.8, 4) is 5.75 Å². The predicted molar refractivity (Wildman–Crippen MR) is 106 cm³/mol. The number of non-ortho nitro benzene ring substituents is 1. The first-order valence-electron chi connectivity index (χ1n) is 8.38. The van der Waals surface area contributed by atoms with Gasteiger partial charge in [0.15, 0.2) is 0 Å². The highest BCUT2D eigenvalue weighted by molar-refractivity contribution is 7.92. The fourth-order valence-electron chi connectivity index (χ4n) is 2.50. The summed E-state index contributed by atoms with van der Waals surface area (Å²) in [7, 11) is -3.79. The third kappa shape index (κ3) is 5.19. The number of carbonyl (C=O) groups excluding carboxylic acids is 1. The Labute approximate surface area is 163 Å². The highest BCUT2D eigenvalue weighted by atomic mass is 32.2. The maximum Gasteiger partial charge on any atom is 0.271 e. The topological polar surface area (TPSA) is 119 Å². The number of nitrogens with zero attached hydrogens (tertiary/aromatic N) is 2. The van der Waals surface area contributed by atoms with Crippen molar-refractivity contribution >= 4 is 33.0 Å². The molecule has 1 N–H and O–H groups in total. The second kappa shape index (κ2) is 8.70. The number of nitrogens with one attached hydrogen (secondary N) is 1. The van der Waals surface area contributed by atoms with Gasteiger partial charge in [-0.05, 0) is 31.5 Å². The largest absolute Gasteiger partial charge is 0.492 e. The number of anilines is 2. The molecule has 28 heavy (non-hydrogen) atoms. The zero-order valence-electron chi connectivity index (χ0n) is 15.7. The fraction of sp³-hybridized carbons (Fsp3) is 0.278. The Balaban J connectivity index is 2.31. The third-order valence-electron chi connectivity index (χ3n) is 3.83. The van der Waals surface area contributed by atoms with Gasteiger partial charge < -0.3 is 10.1 Å². The summed E-state index contributed by atoms with van der Waals surface area (Å²) in [6, 6.07) is 10.5. The number of nitro benzene ring substituents is 1. The summed E-state index contributed by atoms with van der Waals surface area (Å²) < 4.78 is 31.0. The molecule has 0 aliphatic rings. The summed E-state index contributed by atoms with van der Waals surface area (Å²) in [6.07, 6.45) is 0.988. The quantitative estimate of drug-likeness (QED) is 0.531. The lowest BCUT2D eigenvalue weighted by Crippen LogP contribution is -2.37. The second-order valence-electron chi connectivity index (χ2n) is 5.97. The van der Waals surface area contributed by atoms with Crippen LogP contribution in [0.1, 0.15) is 12.5 Å². The van der Waals surface area contributed by atoms with E-state index >= 15 is 0 Å². The monoisotopic (exact) mass is 407 g/mol. The van der Waals surface area contributed by atoms with Gasteiger partial charge in [0.1, 0.15) is 12.3 Å². The molecule has 1 amide bonds. The molecule has 150 valence electrons. The van der Waals surface area contributed by atoms with Gasteiger partial charge in [0.25, 0.3) is 5.69 Å². The average Bonchev–Trinajstić information content (AvgIpc) is 2.61. The number of aryl methyl sites for hydroxylation is 1. The summed E-state index contributed by atoms with van der Waals surface area (Å²) in [5.74, 6) is -0.310. The molecule has 0 saturated heterocycles. The van der Waals surface area contributed by atoms with Gasteiger partial charge in [-0.3, -0.25) is 19.2 Å². The second-order valence-corrected chi connectivity index (χ2v) is 7.88. The SMILES string of the molecule is CCOc1ccccc1N(CC(=O)Nc1cc([N+](=O)[O-])ccc1C)S(C)(=O)=O. The Kier molecular flexibility index (Phi) is 6.57. The van der Waals surface area contributed by atoms with E-state index in [1.54, 1.807) is 32.0 Å². The Morgan fingerprint density at radius 2 is 1.93 bits per heavy atom. The van der Waals surface area contributed by atoms with E-state index in [2.05, 4.69) is 5.32 Å². The van der Waals surface area contributed by atoms with Gasteiger partial charge in [-0.25, -0.2) is 8.42 Å². The first-order valence-corrected chi connectivity index (χ1v) is 10.2. The number of para-hydroxylation sites is 2. The minimum absolute atomic E-state index is 0.178. The summed E-state index contributed by atoms with van der Waals surface area (Å²) in [4.78, 5) is 22.9. The van der Waals surface area contributed by atoms with E-state index < -0.39 is 27.4 Å². The number of sulfonamides is 1. The predicted octanol–water partition coefficient (Wildman–Crippen LogP) is 2.71. The maximum atomic E-state index is 12.5. The molecule has 2 rings (SSSR count). The molecule has 2 aromatic carbocycles. The van der Waals surface area contributed by atoms with Crippen LogP contribution in [-0.4, -0.2) is 38.7 Å². The van der Waals surface area contributed by atoms with Gasteiger partial charge >= 0.3 is 0 Å². The summed E-state index contributed by atoms with van der Waals surface area (Å²) in [6.45, 7) is 3.26. The Hall–Kier alpha value is -3.14. The number of nitro groups is 1. The fourth-order valence-corrected chi connectivity index (χ4v) is 3.36. The first-order chi connectivity index (χ1) is 13.1. The van der Waals surface area contributed by atoms with Crippen LogP contribution in [0.3, 0.4) is 0 Å². The molecule has 0 radical (unpaired) electrons. The molecule has 0 fully saturated rings. The maximum absolute atomic E-state index is 12.5. The van der Waals surface area contributed by atoms with Crippen molar-refractivity contribution in [2.45, 2.75) is 13.8 Å². The van der Waals surface area contributed by atoms with Crippen LogP contribution in [0.5, 0.6) is 5.75 Å². The van der Waals surface area contributed by atoms with Crippen molar-refractivity contribution in [1.82, 2.24) is 0 Å². The third-order valence-corrected chi connectivity index (χ3v) is 4.95. The zero-order chi connectivity index (χ0) is 20.9. The van der Waals surface area contributed by atoms with Gasteiger partial charge in [-0.1, -0.05) is 18.2 Å². The molecule has 9 nitrogen and oxygen atoms in total. The molecule has 0 saturated carbocycles. The molecule has 0 aliphatic heterocycles. The number of amides is 1. The van der Waals surface area contributed by atoms with Crippen LogP contribution in [0.4, 0.5) is 17.1 Å². The minimum Gasteiger partial charge on any atom is -0.492 e. The van der Waals surface area contributed by atoms with E-state index in [-0.39, 0.29) is 17.1 Å². The van der Waals surface area contributed by atoms with E-state index in [1.807, 2.05) is 0 Å². The Morgan fingerprint density at radius 3 is 2.54 bits per heavy atom. The highest BCUT2D eigenvalue weighted by Gasteiger charge is 2.24. The molecule has 0 aliphatic carbocycles.